The number of aromatic nitrogens is 3. The van der Waals surface area contributed by atoms with Crippen LogP contribution < -0.4 is 19.5 Å². The summed E-state index contributed by atoms with van der Waals surface area (Å²) in [6.45, 7) is 4.03. The van der Waals surface area contributed by atoms with E-state index in [1.54, 1.807) is 43.2 Å². The summed E-state index contributed by atoms with van der Waals surface area (Å²) >= 11 is 0. The maximum absolute atomic E-state index is 14.2. The van der Waals surface area contributed by atoms with E-state index in [1.165, 1.54) is 4.90 Å². The van der Waals surface area contributed by atoms with Crippen LogP contribution in [0.5, 0.6) is 11.5 Å². The molecule has 2 aromatic heterocycles. The molecule has 2 aliphatic heterocycles. The van der Waals surface area contributed by atoms with E-state index in [1.807, 2.05) is 31.2 Å². The van der Waals surface area contributed by atoms with Gasteiger partial charge in [0.1, 0.15) is 35.3 Å². The molecule has 3 aromatic rings. The lowest BCUT2D eigenvalue weighted by Crippen LogP contribution is -2.57. The number of hydrogen-bond donors (Lipinski definition) is 2. The predicted molar refractivity (Wildman–Crippen MR) is 182 cm³/mol. The van der Waals surface area contributed by atoms with Gasteiger partial charge in [0.15, 0.2) is 5.82 Å². The Bertz CT molecular complexity index is 1950. The van der Waals surface area contributed by atoms with E-state index >= 15 is 0 Å². The number of amides is 3. The fourth-order valence-electron chi connectivity index (χ4n) is 6.92. The number of sulfonamides is 1. The number of carbonyl (C=O) groups is 3. The van der Waals surface area contributed by atoms with Gasteiger partial charge in [0.05, 0.1) is 24.4 Å². The first-order valence-electron chi connectivity index (χ1n) is 17.1. The van der Waals surface area contributed by atoms with Gasteiger partial charge < -0.3 is 24.4 Å². The highest BCUT2D eigenvalue weighted by molar-refractivity contribution is 7.91. The number of aryl methyl sites for hydroxylation is 1. The van der Waals surface area contributed by atoms with E-state index in [-0.39, 0.29) is 31.2 Å². The van der Waals surface area contributed by atoms with Crippen LogP contribution in [0.2, 0.25) is 0 Å². The third kappa shape index (κ3) is 6.55. The highest BCUT2D eigenvalue weighted by atomic mass is 32.2. The van der Waals surface area contributed by atoms with Crippen molar-refractivity contribution in [2.24, 2.45) is 5.92 Å². The van der Waals surface area contributed by atoms with Gasteiger partial charge in [0.2, 0.25) is 15.9 Å². The number of methoxy groups -OCH3 is 1. The average Bonchev–Trinajstić information content (AvgIpc) is 3.96. The molecule has 2 saturated carbocycles. The van der Waals surface area contributed by atoms with Crippen LogP contribution in [0.3, 0.4) is 0 Å². The van der Waals surface area contributed by atoms with Crippen LogP contribution in [-0.4, -0.2) is 95.1 Å². The number of rotatable bonds is 7. The first-order chi connectivity index (χ1) is 24.0. The number of fused-ring (bicyclic) bond motifs is 3. The van der Waals surface area contributed by atoms with Crippen LogP contribution in [0.15, 0.2) is 48.8 Å². The first-order valence-corrected chi connectivity index (χ1v) is 18.7. The number of benzene rings is 1. The van der Waals surface area contributed by atoms with Gasteiger partial charge in [-0.1, -0.05) is 12.2 Å². The molecule has 0 bridgehead atoms. The topological polar surface area (TPSA) is 171 Å². The zero-order valence-corrected chi connectivity index (χ0v) is 29.1. The molecule has 50 heavy (non-hydrogen) atoms. The molecular weight excluding hydrogens is 664 g/mol. The summed E-state index contributed by atoms with van der Waals surface area (Å²) in [6.07, 6.45) is 9.43. The van der Waals surface area contributed by atoms with Crippen molar-refractivity contribution in [3.63, 3.8) is 0 Å². The lowest BCUT2D eigenvalue weighted by molar-refractivity contribution is -0.147. The normalized spacial score (nSPS) is 28.1. The predicted octanol–water partition coefficient (Wildman–Crippen LogP) is 2.71. The molecule has 2 aliphatic carbocycles. The van der Waals surface area contributed by atoms with E-state index < -0.39 is 50.9 Å². The van der Waals surface area contributed by atoms with Gasteiger partial charge >= 0.3 is 0 Å². The minimum absolute atomic E-state index is 0.0826. The molecule has 0 spiro atoms. The van der Waals surface area contributed by atoms with Crippen molar-refractivity contribution in [2.75, 3.05) is 20.3 Å². The van der Waals surface area contributed by atoms with Crippen molar-refractivity contribution < 1.29 is 37.0 Å². The molecule has 1 aromatic carbocycles. The summed E-state index contributed by atoms with van der Waals surface area (Å²) in [6, 6.07) is 6.25. The van der Waals surface area contributed by atoms with E-state index in [0.717, 1.165) is 30.2 Å². The molecule has 2 N–H and O–H groups in total. The van der Waals surface area contributed by atoms with Crippen LogP contribution in [0, 0.1) is 12.8 Å². The van der Waals surface area contributed by atoms with Crippen molar-refractivity contribution in [3.8, 4) is 17.3 Å². The summed E-state index contributed by atoms with van der Waals surface area (Å²) in [4.78, 5) is 48.0. The number of nitrogens with one attached hydrogen (secondary N) is 2. The molecule has 14 nitrogen and oxygen atoms in total. The van der Waals surface area contributed by atoms with Crippen molar-refractivity contribution in [2.45, 2.75) is 87.8 Å². The van der Waals surface area contributed by atoms with Crippen molar-refractivity contribution >= 4 is 38.6 Å². The Morgan fingerprint density at radius 2 is 2.00 bits per heavy atom. The molecule has 7 rings (SSSR count). The molecule has 1 saturated heterocycles. The summed E-state index contributed by atoms with van der Waals surface area (Å²) in [5, 5.41) is 7.35. The quantitative estimate of drug-likeness (QED) is 0.348. The van der Waals surface area contributed by atoms with E-state index in [2.05, 4.69) is 15.1 Å². The van der Waals surface area contributed by atoms with Gasteiger partial charge in [-0.3, -0.25) is 19.1 Å². The zero-order chi connectivity index (χ0) is 35.2. The fourth-order valence-corrected chi connectivity index (χ4v) is 8.28. The second kappa shape index (κ2) is 13.3. The van der Waals surface area contributed by atoms with Crippen LogP contribution in [0.4, 0.5) is 0 Å². The maximum Gasteiger partial charge on any atom is 0.259 e. The van der Waals surface area contributed by atoms with Crippen LogP contribution in [-0.2, 0) is 29.1 Å². The van der Waals surface area contributed by atoms with Crippen molar-refractivity contribution in [3.05, 3.63) is 54.4 Å². The standard InChI is InChI=1S/C35H42N6O8S/c1-21-28(47-3)13-12-26-29(18-30(37-31(21)26)41-15-8-14-36-41)49-24-17-27-32(42)38-35(34(44)39-50(45,46)25-10-11-25)19-23(35)9-6-4-5-7-16-48-22(2)33(43)40(27)20-24/h6,8-9,12-15,18,22-25,27H,4-5,7,10-11,16-17,19-20H2,1-3H3,(H,38,42)(H,39,44)/b9-6-/t22-,23-,24-,27+,35-/m1/s1. The molecule has 4 aliphatic rings. The van der Waals surface area contributed by atoms with Crippen LogP contribution >= 0.6 is 0 Å². The van der Waals surface area contributed by atoms with Crippen molar-refractivity contribution in [1.29, 1.82) is 0 Å². The Morgan fingerprint density at radius 1 is 1.18 bits per heavy atom. The third-order valence-electron chi connectivity index (χ3n) is 10.0. The molecule has 3 fully saturated rings. The zero-order valence-electron chi connectivity index (χ0n) is 28.3. The third-order valence-corrected chi connectivity index (χ3v) is 11.9. The van der Waals surface area contributed by atoms with Crippen LogP contribution in [0.1, 0.15) is 57.4 Å². The van der Waals surface area contributed by atoms with E-state index in [0.29, 0.717) is 42.3 Å². The number of carbonyl (C=O) groups excluding carboxylic acids is 3. The Kier molecular flexibility index (Phi) is 9.05. The Morgan fingerprint density at radius 3 is 2.74 bits per heavy atom. The summed E-state index contributed by atoms with van der Waals surface area (Å²) in [5.41, 5.74) is 0.0175. The largest absolute Gasteiger partial charge is 0.496 e. The van der Waals surface area contributed by atoms with E-state index in [9.17, 15) is 22.8 Å². The minimum atomic E-state index is -3.85. The molecular formula is C35H42N6O8S. The second-order valence-corrected chi connectivity index (χ2v) is 15.5. The maximum atomic E-state index is 14.2. The molecule has 15 heteroatoms. The second-order valence-electron chi connectivity index (χ2n) is 13.6. The summed E-state index contributed by atoms with van der Waals surface area (Å²) in [5.74, 6) is -0.403. The molecule has 0 unspecified atom stereocenters. The molecule has 4 heterocycles. The number of ether oxygens (including phenoxy) is 3. The van der Waals surface area contributed by atoms with Gasteiger partial charge in [-0.2, -0.15) is 5.10 Å². The monoisotopic (exact) mass is 706 g/mol. The number of allylic oxidation sites excluding steroid dienone is 1. The molecule has 5 atom stereocenters. The molecule has 3 amide bonds. The van der Waals surface area contributed by atoms with Gasteiger partial charge in [-0.25, -0.2) is 18.1 Å². The Balaban J connectivity index is 1.20. The number of nitrogens with zero attached hydrogens (tertiary/aromatic N) is 4. The fraction of sp³-hybridized carbons (Fsp3) is 0.514. The van der Waals surface area contributed by atoms with E-state index in [4.69, 9.17) is 19.2 Å². The molecule has 266 valence electrons. The lowest BCUT2D eigenvalue weighted by atomic mass is 10.1. The van der Waals surface area contributed by atoms with Gasteiger partial charge in [-0.15, -0.1) is 0 Å². The summed E-state index contributed by atoms with van der Waals surface area (Å²) < 4.78 is 47.4. The number of pyridine rings is 1. The van der Waals surface area contributed by atoms with Gasteiger partial charge in [0, 0.05) is 48.4 Å². The SMILES string of the molecule is COc1ccc2c(O[C@@H]3C[C@H]4C(=O)N[C@]5(C(=O)NS(=O)(=O)C6CC6)C[C@H]5/C=C\CCCCO[C@H](C)C(=O)N4C3)cc(-n3cccn3)nc2c1C. The highest BCUT2D eigenvalue weighted by Crippen LogP contribution is 2.46. The highest BCUT2D eigenvalue weighted by Gasteiger charge is 2.62. The van der Waals surface area contributed by atoms with Gasteiger partial charge in [-0.05, 0) is 70.6 Å². The molecule has 0 radical (unpaired) electrons. The number of hydrogen-bond acceptors (Lipinski definition) is 10. The summed E-state index contributed by atoms with van der Waals surface area (Å²) in [7, 11) is -2.26. The van der Waals surface area contributed by atoms with Crippen molar-refractivity contribution in [1.82, 2.24) is 29.7 Å². The average molecular weight is 707 g/mol. The lowest BCUT2D eigenvalue weighted by Gasteiger charge is -2.28. The minimum Gasteiger partial charge on any atom is -0.496 e. The first kappa shape index (κ1) is 34.0. The Labute approximate surface area is 290 Å². The Hall–Kier alpha value is -4.50. The smallest absolute Gasteiger partial charge is 0.259 e. The van der Waals surface area contributed by atoms with Gasteiger partial charge in [0.25, 0.3) is 11.8 Å². The van der Waals surface area contributed by atoms with Crippen LogP contribution in [0.25, 0.3) is 16.7 Å².